The second-order valence-corrected chi connectivity index (χ2v) is 5.62. The number of amides is 1. The highest BCUT2D eigenvalue weighted by atomic mass is 16.4. The van der Waals surface area contributed by atoms with E-state index in [0.29, 0.717) is 6.54 Å². The molecule has 1 fully saturated rings. The Morgan fingerprint density at radius 3 is 2.59 bits per heavy atom. The smallest absolute Gasteiger partial charge is 0.305 e. The van der Waals surface area contributed by atoms with E-state index in [2.05, 4.69) is 5.32 Å². The molecule has 0 aliphatic carbocycles. The highest BCUT2D eigenvalue weighted by Gasteiger charge is 2.39. The van der Waals surface area contributed by atoms with Crippen molar-refractivity contribution in [3.63, 3.8) is 0 Å². The van der Waals surface area contributed by atoms with Crippen LogP contribution in [0, 0.1) is 0 Å². The number of nitrogens with zero attached hydrogens (tertiary/aromatic N) is 1. The van der Waals surface area contributed by atoms with Gasteiger partial charge in [0.05, 0.1) is 6.42 Å². The van der Waals surface area contributed by atoms with Crippen molar-refractivity contribution in [1.29, 1.82) is 0 Å². The van der Waals surface area contributed by atoms with Gasteiger partial charge in [-0.1, -0.05) is 0 Å². The lowest BCUT2D eigenvalue weighted by Crippen LogP contribution is -2.56. The van der Waals surface area contributed by atoms with E-state index in [1.807, 2.05) is 32.6 Å². The molecule has 1 aliphatic heterocycles. The Bertz CT molecular complexity index is 309. The van der Waals surface area contributed by atoms with Crippen LogP contribution in [0.1, 0.15) is 40.5 Å². The van der Waals surface area contributed by atoms with Crippen molar-refractivity contribution in [3.05, 3.63) is 0 Å². The van der Waals surface area contributed by atoms with Crippen molar-refractivity contribution >= 4 is 11.9 Å². The largest absolute Gasteiger partial charge is 0.481 e. The van der Waals surface area contributed by atoms with Crippen molar-refractivity contribution in [3.8, 4) is 0 Å². The molecule has 5 nitrogen and oxygen atoms in total. The maximum Gasteiger partial charge on any atom is 0.305 e. The van der Waals surface area contributed by atoms with E-state index in [1.54, 1.807) is 0 Å². The van der Waals surface area contributed by atoms with E-state index in [1.165, 1.54) is 0 Å². The molecule has 5 heteroatoms. The van der Waals surface area contributed by atoms with E-state index in [-0.39, 0.29) is 23.9 Å². The average Bonchev–Trinajstić information content (AvgIpc) is 2.25. The molecule has 0 aromatic rings. The van der Waals surface area contributed by atoms with Crippen LogP contribution in [0.25, 0.3) is 0 Å². The second kappa shape index (κ2) is 5.04. The normalized spacial score (nSPS) is 27.4. The first-order chi connectivity index (χ1) is 7.73. The number of hydrogen-bond donors (Lipinski definition) is 2. The summed E-state index contributed by atoms with van der Waals surface area (Å²) in [7, 11) is 0. The fourth-order valence-corrected chi connectivity index (χ4v) is 2.58. The van der Waals surface area contributed by atoms with Crippen molar-refractivity contribution in [1.82, 2.24) is 10.2 Å². The molecule has 0 spiro atoms. The quantitative estimate of drug-likeness (QED) is 0.753. The molecule has 98 valence electrons. The first kappa shape index (κ1) is 14.0. The molecule has 0 bridgehead atoms. The van der Waals surface area contributed by atoms with Crippen LogP contribution < -0.4 is 5.32 Å². The molecule has 2 unspecified atom stereocenters. The molecule has 2 atom stereocenters. The predicted octanol–water partition coefficient (Wildman–Crippen LogP) is 0.839. The molecule has 1 amide bonds. The van der Waals surface area contributed by atoms with Crippen LogP contribution in [0.3, 0.4) is 0 Å². The number of aliphatic carboxylic acids is 1. The van der Waals surface area contributed by atoms with Gasteiger partial charge < -0.3 is 10.4 Å². The van der Waals surface area contributed by atoms with Gasteiger partial charge in [0, 0.05) is 18.1 Å². The molecular weight excluding hydrogens is 220 g/mol. The Morgan fingerprint density at radius 2 is 2.12 bits per heavy atom. The van der Waals surface area contributed by atoms with Crippen LogP contribution in [-0.4, -0.2) is 46.1 Å². The summed E-state index contributed by atoms with van der Waals surface area (Å²) in [5.41, 5.74) is -0.221. The fourth-order valence-electron chi connectivity index (χ4n) is 2.58. The summed E-state index contributed by atoms with van der Waals surface area (Å²) in [6.45, 7) is 8.69. The van der Waals surface area contributed by atoms with Crippen LogP contribution in [-0.2, 0) is 9.59 Å². The molecule has 1 saturated heterocycles. The van der Waals surface area contributed by atoms with Crippen LogP contribution >= 0.6 is 0 Å². The molecule has 1 aliphatic rings. The lowest BCUT2D eigenvalue weighted by Gasteiger charge is -2.42. The summed E-state index contributed by atoms with van der Waals surface area (Å²) in [6.07, 6.45) is 0.701. The Balaban J connectivity index is 3.03. The third kappa shape index (κ3) is 3.43. The molecule has 2 N–H and O–H groups in total. The zero-order valence-electron chi connectivity index (χ0n) is 11.0. The van der Waals surface area contributed by atoms with Gasteiger partial charge in [0.15, 0.2) is 0 Å². The summed E-state index contributed by atoms with van der Waals surface area (Å²) in [5.74, 6) is -1.11. The van der Waals surface area contributed by atoms with Crippen LogP contribution in [0.2, 0.25) is 0 Å². The minimum atomic E-state index is -0.937. The minimum absolute atomic E-state index is 0.145. The molecule has 0 aromatic heterocycles. The number of carbonyl (C=O) groups is 2. The van der Waals surface area contributed by atoms with E-state index in [0.717, 1.165) is 6.42 Å². The van der Waals surface area contributed by atoms with Crippen molar-refractivity contribution < 1.29 is 14.7 Å². The maximum absolute atomic E-state index is 11.9. The van der Waals surface area contributed by atoms with E-state index in [9.17, 15) is 9.59 Å². The summed E-state index contributed by atoms with van der Waals surface area (Å²) in [5, 5.41) is 11.7. The lowest BCUT2D eigenvalue weighted by molar-refractivity contribution is -0.143. The third-order valence-corrected chi connectivity index (χ3v) is 3.12. The standard InChI is InChI=1S/C12H22N2O3/c1-8-5-6-13-11(17)9(7-10(15)16)14(8)12(2,3)4/h8-9H,5-7H2,1-4H3,(H,13,17)(H,15,16). The first-order valence-electron chi connectivity index (χ1n) is 6.01. The van der Waals surface area contributed by atoms with Crippen LogP contribution in [0.15, 0.2) is 0 Å². The van der Waals surface area contributed by atoms with Gasteiger partial charge in [-0.2, -0.15) is 0 Å². The van der Waals surface area contributed by atoms with Crippen LogP contribution in [0.5, 0.6) is 0 Å². The van der Waals surface area contributed by atoms with Gasteiger partial charge in [0.1, 0.15) is 6.04 Å². The Labute approximate surface area is 102 Å². The SMILES string of the molecule is CC1CCNC(=O)C(CC(=O)O)N1C(C)(C)C. The topological polar surface area (TPSA) is 69.6 Å². The van der Waals surface area contributed by atoms with Crippen molar-refractivity contribution in [2.45, 2.75) is 58.2 Å². The number of rotatable bonds is 2. The van der Waals surface area contributed by atoms with Gasteiger partial charge in [-0.25, -0.2) is 0 Å². The zero-order valence-corrected chi connectivity index (χ0v) is 11.0. The van der Waals surface area contributed by atoms with E-state index < -0.39 is 12.0 Å². The Morgan fingerprint density at radius 1 is 1.53 bits per heavy atom. The molecule has 0 radical (unpaired) electrons. The van der Waals surface area contributed by atoms with Crippen LogP contribution in [0.4, 0.5) is 0 Å². The highest BCUT2D eigenvalue weighted by Crippen LogP contribution is 2.25. The number of carboxylic acids is 1. The summed E-state index contributed by atoms with van der Waals surface area (Å²) in [6, 6.07) is -0.386. The van der Waals surface area contributed by atoms with Gasteiger partial charge in [0.25, 0.3) is 0 Å². The fraction of sp³-hybridized carbons (Fsp3) is 0.833. The minimum Gasteiger partial charge on any atom is -0.481 e. The van der Waals surface area contributed by atoms with Crippen molar-refractivity contribution in [2.75, 3.05) is 6.54 Å². The second-order valence-electron chi connectivity index (χ2n) is 5.62. The zero-order chi connectivity index (χ0) is 13.2. The number of carboxylic acid groups (broad SMARTS) is 1. The van der Waals surface area contributed by atoms with Crippen molar-refractivity contribution in [2.24, 2.45) is 0 Å². The van der Waals surface area contributed by atoms with Gasteiger partial charge >= 0.3 is 5.97 Å². The monoisotopic (exact) mass is 242 g/mol. The molecule has 17 heavy (non-hydrogen) atoms. The highest BCUT2D eigenvalue weighted by molar-refractivity contribution is 5.86. The molecular formula is C12H22N2O3. The first-order valence-corrected chi connectivity index (χ1v) is 6.01. The predicted molar refractivity (Wildman–Crippen MR) is 64.7 cm³/mol. The Kier molecular flexibility index (Phi) is 4.14. The Hall–Kier alpha value is -1.10. The summed E-state index contributed by atoms with van der Waals surface area (Å²) in [4.78, 5) is 24.9. The summed E-state index contributed by atoms with van der Waals surface area (Å²) < 4.78 is 0. The van der Waals surface area contributed by atoms with E-state index >= 15 is 0 Å². The number of hydrogen-bond acceptors (Lipinski definition) is 3. The third-order valence-electron chi connectivity index (χ3n) is 3.12. The maximum atomic E-state index is 11.9. The lowest BCUT2D eigenvalue weighted by atomic mass is 9.97. The van der Waals surface area contributed by atoms with E-state index in [4.69, 9.17) is 5.11 Å². The summed E-state index contributed by atoms with van der Waals surface area (Å²) >= 11 is 0. The average molecular weight is 242 g/mol. The molecule has 0 aromatic carbocycles. The van der Waals surface area contributed by atoms with Gasteiger partial charge in [-0.3, -0.25) is 14.5 Å². The molecule has 0 saturated carbocycles. The van der Waals surface area contributed by atoms with Gasteiger partial charge in [-0.15, -0.1) is 0 Å². The molecule has 1 rings (SSSR count). The number of carbonyl (C=O) groups excluding carboxylic acids is 1. The van der Waals surface area contributed by atoms with Gasteiger partial charge in [-0.05, 0) is 34.1 Å². The molecule has 1 heterocycles. The number of nitrogens with one attached hydrogen (secondary N) is 1. The van der Waals surface area contributed by atoms with Gasteiger partial charge in [0.2, 0.25) is 5.91 Å².